The molecule has 0 radical (unpaired) electrons. The van der Waals surface area contributed by atoms with Gasteiger partial charge in [0.1, 0.15) is 0 Å². The summed E-state index contributed by atoms with van der Waals surface area (Å²) < 4.78 is 57.5. The summed E-state index contributed by atoms with van der Waals surface area (Å²) in [4.78, 5) is 0. The zero-order chi connectivity index (χ0) is 10.6. The maximum absolute atomic E-state index is 10.7. The molecule has 0 atom stereocenters. The van der Waals surface area contributed by atoms with Gasteiger partial charge < -0.3 is 15.1 Å². The van der Waals surface area contributed by atoms with Crippen LogP contribution in [0.2, 0.25) is 0 Å². The molecule has 0 aliphatic carbocycles. The molecule has 0 aliphatic heterocycles. The summed E-state index contributed by atoms with van der Waals surface area (Å²) in [6.45, 7) is 0. The van der Waals surface area contributed by atoms with Gasteiger partial charge in [0.05, 0.1) is 0 Å². The Kier molecular flexibility index (Phi) is 15.7. The van der Waals surface area contributed by atoms with Crippen LogP contribution in [0.25, 0.3) is 0 Å². The molecule has 6 nitrogen and oxygen atoms in total. The molecular weight excluding hydrogens is 222 g/mol. The number of halogens is 3. The molecule has 0 saturated carbocycles. The number of hydrogen-bond acceptors (Lipinski definition) is 5. The Morgan fingerprint density at radius 3 is 1.07 bits per heavy atom. The second-order valence-electron chi connectivity index (χ2n) is 1.27. The zero-order valence-electron chi connectivity index (χ0n) is 5.22. The topological polar surface area (TPSA) is 115 Å². The predicted molar refractivity (Wildman–Crippen MR) is 44.3 cm³/mol. The fourth-order valence-electron chi connectivity index (χ4n) is 0. The van der Waals surface area contributed by atoms with E-state index < -0.39 is 22.9 Å². The van der Waals surface area contributed by atoms with Crippen LogP contribution in [0, 0.1) is 0 Å². The van der Waals surface area contributed by atoms with E-state index in [1.54, 1.807) is 0 Å². The Morgan fingerprint density at radius 2 is 1.07 bits per heavy atom. The average molecular weight is 228 g/mol. The van der Waals surface area contributed by atoms with E-state index in [0.29, 0.717) is 0 Å². The standard InChI is InChI=1S/CHF3O3S.BH3O3.2Li.2H/c2-1(3,4)8(5,6)7;2-1(3)4;;;;/h(H,5,6,7);2-4H;;;;. The van der Waals surface area contributed by atoms with Crippen molar-refractivity contribution in [1.29, 1.82) is 0 Å². The summed E-state index contributed by atoms with van der Waals surface area (Å²) in [5.74, 6) is 0. The van der Waals surface area contributed by atoms with Crippen LogP contribution in [-0.4, -0.2) is 78.6 Å². The second kappa shape index (κ2) is 9.09. The number of alkyl halides is 3. The van der Waals surface area contributed by atoms with E-state index in [0.717, 1.165) is 0 Å². The van der Waals surface area contributed by atoms with Crippen LogP contribution in [0.1, 0.15) is 0 Å². The molecular formula is CH6BF3Li2O6S. The van der Waals surface area contributed by atoms with Gasteiger partial charge in [0.25, 0.3) is 0 Å². The van der Waals surface area contributed by atoms with Gasteiger partial charge in [-0.25, -0.2) is 0 Å². The SMILES string of the molecule is O=S(=O)(O)C(F)(F)F.OB(O)O.[LiH].[LiH]. The molecule has 13 heteroatoms. The minimum atomic E-state index is -5.84. The van der Waals surface area contributed by atoms with Crippen molar-refractivity contribution in [3.63, 3.8) is 0 Å². The van der Waals surface area contributed by atoms with Crippen molar-refractivity contribution in [2.24, 2.45) is 0 Å². The van der Waals surface area contributed by atoms with E-state index in [1.807, 2.05) is 0 Å². The van der Waals surface area contributed by atoms with Crippen molar-refractivity contribution >= 4 is 55.2 Å². The van der Waals surface area contributed by atoms with E-state index in [9.17, 15) is 13.2 Å². The van der Waals surface area contributed by atoms with Crippen LogP contribution in [0.3, 0.4) is 0 Å². The van der Waals surface area contributed by atoms with Crippen molar-refractivity contribution in [2.75, 3.05) is 0 Å². The first-order valence-electron chi connectivity index (χ1n) is 2.06. The van der Waals surface area contributed by atoms with Crippen molar-refractivity contribution in [2.45, 2.75) is 5.51 Å². The van der Waals surface area contributed by atoms with Crippen LogP contribution in [-0.2, 0) is 10.1 Å². The van der Waals surface area contributed by atoms with Gasteiger partial charge in [-0.3, -0.25) is 4.55 Å². The molecule has 0 fully saturated rings. The van der Waals surface area contributed by atoms with Crippen LogP contribution < -0.4 is 0 Å². The van der Waals surface area contributed by atoms with Crippen molar-refractivity contribution in [1.82, 2.24) is 0 Å². The summed E-state index contributed by atoms with van der Waals surface area (Å²) in [7, 11) is -8.01. The molecule has 0 spiro atoms. The third-order valence-corrected chi connectivity index (χ3v) is 0.877. The van der Waals surface area contributed by atoms with Gasteiger partial charge in [-0.05, 0) is 0 Å². The fourth-order valence-corrected chi connectivity index (χ4v) is 0. The molecule has 0 saturated heterocycles. The Hall–Kier alpha value is 0.840. The summed E-state index contributed by atoms with van der Waals surface area (Å²) in [6, 6.07) is 0. The number of rotatable bonds is 0. The van der Waals surface area contributed by atoms with Gasteiger partial charge in [-0.2, -0.15) is 21.6 Å². The fraction of sp³-hybridized carbons (Fsp3) is 1.00. The maximum atomic E-state index is 10.7. The Labute approximate surface area is 102 Å². The van der Waals surface area contributed by atoms with Crippen LogP contribution in [0.4, 0.5) is 13.2 Å². The summed E-state index contributed by atoms with van der Waals surface area (Å²) in [5.41, 5.74) is -5.53. The quantitative estimate of drug-likeness (QED) is 0.200. The third kappa shape index (κ3) is 18.6. The molecule has 4 N–H and O–H groups in total. The first-order valence-corrected chi connectivity index (χ1v) is 3.50. The molecule has 0 amide bonds. The molecule has 0 aromatic carbocycles. The molecule has 0 aromatic heterocycles. The van der Waals surface area contributed by atoms with Gasteiger partial charge in [0.15, 0.2) is 0 Å². The van der Waals surface area contributed by atoms with Crippen LogP contribution >= 0.6 is 0 Å². The van der Waals surface area contributed by atoms with Crippen LogP contribution in [0.15, 0.2) is 0 Å². The molecule has 0 heterocycles. The number of hydrogen-bond donors (Lipinski definition) is 4. The molecule has 78 valence electrons. The summed E-state index contributed by atoms with van der Waals surface area (Å²) in [5, 5.41) is 21.5. The Balaban J connectivity index is -0.0000000733. The van der Waals surface area contributed by atoms with Gasteiger partial charge in [-0.15, -0.1) is 0 Å². The van der Waals surface area contributed by atoms with Gasteiger partial charge in [0.2, 0.25) is 0 Å². The predicted octanol–water partition coefficient (Wildman–Crippen LogP) is -2.95. The monoisotopic (exact) mass is 228 g/mol. The van der Waals surface area contributed by atoms with E-state index in [1.165, 1.54) is 0 Å². The van der Waals surface area contributed by atoms with E-state index in [-0.39, 0.29) is 37.7 Å². The zero-order valence-corrected chi connectivity index (χ0v) is 6.04. The van der Waals surface area contributed by atoms with Crippen molar-refractivity contribution in [3.05, 3.63) is 0 Å². The Bertz CT molecular complexity index is 211. The first kappa shape index (κ1) is 24.2. The molecule has 0 rings (SSSR count). The van der Waals surface area contributed by atoms with Gasteiger partial charge in [-0.1, -0.05) is 0 Å². The van der Waals surface area contributed by atoms with Crippen LogP contribution in [0.5, 0.6) is 0 Å². The summed E-state index contributed by atoms with van der Waals surface area (Å²) >= 11 is 0. The first-order chi connectivity index (χ1) is 4.98. The molecule has 0 aromatic rings. The second-order valence-corrected chi connectivity index (χ2v) is 2.68. The Morgan fingerprint density at radius 1 is 1.00 bits per heavy atom. The van der Waals surface area contributed by atoms with Crippen molar-refractivity contribution in [3.8, 4) is 0 Å². The average Bonchev–Trinajstić information content (AvgIpc) is 1.55. The minimum absolute atomic E-state index is 0. The molecule has 14 heavy (non-hydrogen) atoms. The van der Waals surface area contributed by atoms with Crippen molar-refractivity contribution < 1.29 is 41.2 Å². The third-order valence-electron chi connectivity index (χ3n) is 0.292. The van der Waals surface area contributed by atoms with E-state index in [4.69, 9.17) is 28.0 Å². The van der Waals surface area contributed by atoms with Gasteiger partial charge in [0, 0.05) is 0 Å². The molecule has 0 aliphatic rings. The van der Waals surface area contributed by atoms with Gasteiger partial charge >= 0.3 is 60.7 Å². The summed E-state index contributed by atoms with van der Waals surface area (Å²) in [6.07, 6.45) is 0. The van der Waals surface area contributed by atoms with E-state index >= 15 is 0 Å². The normalized spacial score (nSPS) is 9.93. The molecule has 0 bridgehead atoms. The molecule has 0 unspecified atom stereocenters. The van der Waals surface area contributed by atoms with E-state index in [2.05, 4.69) is 0 Å².